The third-order valence-electron chi connectivity index (χ3n) is 4.52. The number of fused-ring (bicyclic) bond motifs is 3. The van der Waals surface area contributed by atoms with Crippen molar-refractivity contribution in [2.24, 2.45) is 0 Å². The third-order valence-corrected chi connectivity index (χ3v) is 5.60. The van der Waals surface area contributed by atoms with Gasteiger partial charge < -0.3 is 19.2 Å². The van der Waals surface area contributed by atoms with Crippen molar-refractivity contribution < 1.29 is 19.1 Å². The number of aromatic amines is 1. The van der Waals surface area contributed by atoms with E-state index in [1.54, 1.807) is 12.1 Å². The maximum absolute atomic E-state index is 11.6. The molecule has 0 saturated heterocycles. The number of aromatic nitrogens is 1. The normalized spacial score (nSPS) is 20.0. The van der Waals surface area contributed by atoms with Gasteiger partial charge in [0.2, 0.25) is 0 Å². The van der Waals surface area contributed by atoms with E-state index in [2.05, 4.69) is 4.98 Å². The Hall–Kier alpha value is -1.66. The molecule has 2 N–H and O–H groups in total. The number of carbonyl (C=O) groups is 1. The minimum atomic E-state index is -1.20. The number of aliphatic carboxylic acids is 1. The van der Waals surface area contributed by atoms with Crippen molar-refractivity contribution in [3.05, 3.63) is 56.5 Å². The van der Waals surface area contributed by atoms with Crippen LogP contribution in [0.4, 0.5) is 0 Å². The van der Waals surface area contributed by atoms with E-state index < -0.39 is 11.6 Å². The molecule has 130 valence electrons. The zero-order valence-electron chi connectivity index (χ0n) is 12.7. The van der Waals surface area contributed by atoms with Crippen LogP contribution in [0.2, 0.25) is 15.1 Å². The van der Waals surface area contributed by atoms with Crippen LogP contribution in [0.5, 0.6) is 0 Å². The van der Waals surface area contributed by atoms with Crippen LogP contribution in [0.25, 0.3) is 10.9 Å². The molecule has 0 fully saturated rings. The maximum Gasteiger partial charge on any atom is 0.307 e. The Morgan fingerprint density at radius 2 is 2.12 bits per heavy atom. The van der Waals surface area contributed by atoms with Gasteiger partial charge in [-0.05, 0) is 24.1 Å². The molecular weight excluding hydrogens is 389 g/mol. The quantitative estimate of drug-likeness (QED) is 0.606. The lowest BCUT2D eigenvalue weighted by atomic mass is 9.83. The van der Waals surface area contributed by atoms with E-state index in [1.165, 1.54) is 12.5 Å². The molecule has 1 atom stereocenters. The summed E-state index contributed by atoms with van der Waals surface area (Å²) in [6.07, 6.45) is 3.26. The highest BCUT2D eigenvalue weighted by Crippen LogP contribution is 2.47. The molecular formula is C17H12Cl3NO4. The van der Waals surface area contributed by atoms with E-state index in [-0.39, 0.29) is 6.42 Å². The van der Waals surface area contributed by atoms with Crippen molar-refractivity contribution in [2.75, 3.05) is 6.61 Å². The third kappa shape index (κ3) is 2.46. The van der Waals surface area contributed by atoms with E-state index >= 15 is 0 Å². The number of carboxylic acid groups (broad SMARTS) is 1. The summed E-state index contributed by atoms with van der Waals surface area (Å²) in [5.41, 5.74) is 1.50. The summed E-state index contributed by atoms with van der Waals surface area (Å²) in [5.74, 6) is -0.997. The van der Waals surface area contributed by atoms with Crippen molar-refractivity contribution in [3.63, 3.8) is 0 Å². The van der Waals surface area contributed by atoms with E-state index in [9.17, 15) is 9.90 Å². The Bertz CT molecular complexity index is 980. The van der Waals surface area contributed by atoms with Gasteiger partial charge in [-0.2, -0.15) is 0 Å². The van der Waals surface area contributed by atoms with Crippen LogP contribution in [0, 0.1) is 0 Å². The number of halogens is 3. The minimum Gasteiger partial charge on any atom is -0.481 e. The molecule has 0 saturated carbocycles. The summed E-state index contributed by atoms with van der Waals surface area (Å²) < 4.78 is 11.2. The number of carboxylic acids is 1. The molecule has 3 aromatic rings. The fourth-order valence-electron chi connectivity index (χ4n) is 3.50. The second-order valence-electron chi connectivity index (χ2n) is 5.89. The zero-order chi connectivity index (χ0) is 17.8. The highest BCUT2D eigenvalue weighted by Gasteiger charge is 2.45. The van der Waals surface area contributed by atoms with Crippen LogP contribution >= 0.6 is 34.8 Å². The second kappa shape index (κ2) is 5.95. The maximum atomic E-state index is 11.6. The number of rotatable bonds is 3. The van der Waals surface area contributed by atoms with E-state index in [4.69, 9.17) is 44.0 Å². The number of hydrogen-bond acceptors (Lipinski definition) is 3. The minimum absolute atomic E-state index is 0.269. The molecule has 1 aromatic carbocycles. The molecule has 0 radical (unpaired) electrons. The molecule has 1 unspecified atom stereocenters. The first-order valence-corrected chi connectivity index (χ1v) is 8.64. The Labute approximate surface area is 157 Å². The molecule has 3 heterocycles. The van der Waals surface area contributed by atoms with Gasteiger partial charge in [0, 0.05) is 10.9 Å². The molecule has 0 spiro atoms. The SMILES string of the molecule is O=C(O)CC1(c2ccoc2)OCCc2c1[nH]c1c(Cl)cc(Cl)c(Cl)c21. The fourth-order valence-corrected chi connectivity index (χ4v) is 4.27. The summed E-state index contributed by atoms with van der Waals surface area (Å²) in [4.78, 5) is 14.8. The lowest BCUT2D eigenvalue weighted by Gasteiger charge is -2.35. The van der Waals surface area contributed by atoms with Crippen molar-refractivity contribution in [2.45, 2.75) is 18.4 Å². The number of hydrogen-bond donors (Lipinski definition) is 2. The molecule has 4 rings (SSSR count). The average molecular weight is 401 g/mol. The molecule has 8 heteroatoms. The van der Waals surface area contributed by atoms with Gasteiger partial charge in [0.25, 0.3) is 0 Å². The number of furan rings is 1. The summed E-state index contributed by atoms with van der Waals surface area (Å²) in [5, 5.41) is 11.3. The van der Waals surface area contributed by atoms with Crippen LogP contribution in [0.15, 0.2) is 29.1 Å². The average Bonchev–Trinajstić information content (AvgIpc) is 3.21. The predicted molar refractivity (Wildman–Crippen MR) is 94.7 cm³/mol. The van der Waals surface area contributed by atoms with Crippen molar-refractivity contribution in [1.29, 1.82) is 0 Å². The molecule has 25 heavy (non-hydrogen) atoms. The first-order chi connectivity index (χ1) is 11.9. The molecule has 1 aliphatic rings. The number of nitrogens with one attached hydrogen (secondary N) is 1. The number of H-pyrrole nitrogens is 1. The van der Waals surface area contributed by atoms with Crippen LogP contribution in [0.3, 0.4) is 0 Å². The van der Waals surface area contributed by atoms with Gasteiger partial charge in [0.05, 0.1) is 51.8 Å². The topological polar surface area (TPSA) is 75.5 Å². The van der Waals surface area contributed by atoms with Crippen LogP contribution in [-0.2, 0) is 21.6 Å². The van der Waals surface area contributed by atoms with Crippen molar-refractivity contribution in [1.82, 2.24) is 4.98 Å². The molecule has 0 amide bonds. The van der Waals surface area contributed by atoms with E-state index in [0.717, 1.165) is 5.56 Å². The smallest absolute Gasteiger partial charge is 0.307 e. The van der Waals surface area contributed by atoms with E-state index in [0.29, 0.717) is 50.3 Å². The fraction of sp³-hybridized carbons (Fsp3) is 0.235. The van der Waals surface area contributed by atoms with Gasteiger partial charge >= 0.3 is 5.97 Å². The predicted octanol–water partition coefficient (Wildman–Crippen LogP) is 5.01. The van der Waals surface area contributed by atoms with Crippen LogP contribution in [0.1, 0.15) is 23.2 Å². The van der Waals surface area contributed by atoms with Crippen molar-refractivity contribution >= 4 is 51.7 Å². The largest absolute Gasteiger partial charge is 0.481 e. The highest BCUT2D eigenvalue weighted by molar-refractivity contribution is 6.48. The second-order valence-corrected chi connectivity index (χ2v) is 7.08. The molecule has 1 aliphatic heterocycles. The van der Waals surface area contributed by atoms with Crippen molar-refractivity contribution in [3.8, 4) is 0 Å². The summed E-state index contributed by atoms with van der Waals surface area (Å²) in [7, 11) is 0. The number of ether oxygens (including phenoxy) is 1. The standard InChI is InChI=1S/C17H12Cl3NO4/c18-10-5-11(19)15-13(14(10)20)9-2-4-25-17(6-12(22)23,16(9)21-15)8-1-3-24-7-8/h1,3,5,7,21H,2,4,6H2,(H,22,23). The van der Waals surface area contributed by atoms with Gasteiger partial charge in [-0.3, -0.25) is 4.79 Å². The highest BCUT2D eigenvalue weighted by atomic mass is 35.5. The Balaban J connectivity index is 2.07. The first-order valence-electron chi connectivity index (χ1n) is 7.51. The molecule has 5 nitrogen and oxygen atoms in total. The lowest BCUT2D eigenvalue weighted by Crippen LogP contribution is -2.38. The summed E-state index contributed by atoms with van der Waals surface area (Å²) in [6.45, 7) is 0.332. The molecule has 2 aromatic heterocycles. The van der Waals surface area contributed by atoms with Gasteiger partial charge in [-0.1, -0.05) is 34.8 Å². The lowest BCUT2D eigenvalue weighted by molar-refractivity contribution is -0.144. The van der Waals surface area contributed by atoms with Crippen LogP contribution < -0.4 is 0 Å². The van der Waals surface area contributed by atoms with Gasteiger partial charge in [0.15, 0.2) is 0 Å². The molecule has 0 aliphatic carbocycles. The zero-order valence-corrected chi connectivity index (χ0v) is 15.0. The Morgan fingerprint density at radius 3 is 2.80 bits per heavy atom. The van der Waals surface area contributed by atoms with Gasteiger partial charge in [-0.15, -0.1) is 0 Å². The van der Waals surface area contributed by atoms with Crippen LogP contribution in [-0.4, -0.2) is 22.7 Å². The van der Waals surface area contributed by atoms with E-state index in [1.807, 2.05) is 0 Å². The molecule has 0 bridgehead atoms. The summed E-state index contributed by atoms with van der Waals surface area (Å²) >= 11 is 18.9. The Morgan fingerprint density at radius 1 is 1.32 bits per heavy atom. The number of benzene rings is 1. The van der Waals surface area contributed by atoms with Gasteiger partial charge in [-0.25, -0.2) is 0 Å². The monoisotopic (exact) mass is 399 g/mol. The first kappa shape index (κ1) is 16.8. The van der Waals surface area contributed by atoms with Gasteiger partial charge in [0.1, 0.15) is 5.60 Å². The Kier molecular flexibility index (Phi) is 4.00. The summed E-state index contributed by atoms with van der Waals surface area (Å²) in [6, 6.07) is 3.26.